The first-order valence-corrected chi connectivity index (χ1v) is 10.4. The van der Waals surface area contributed by atoms with Crippen LogP contribution < -0.4 is 14.2 Å². The Bertz CT molecular complexity index is 1050. The summed E-state index contributed by atoms with van der Waals surface area (Å²) in [5.74, 6) is -0.0624. The highest BCUT2D eigenvalue weighted by atomic mass is 32.2. The van der Waals surface area contributed by atoms with E-state index in [1.54, 1.807) is 31.2 Å². The van der Waals surface area contributed by atoms with Crippen LogP contribution in [0.1, 0.15) is 27.9 Å². The van der Waals surface area contributed by atoms with Gasteiger partial charge in [0.25, 0.3) is 0 Å². The summed E-state index contributed by atoms with van der Waals surface area (Å²) in [6.45, 7) is 3.10. The number of benzene rings is 2. The maximum atomic E-state index is 12.4. The Hall–Kier alpha value is -2.91. The third-order valence-corrected chi connectivity index (χ3v) is 5.92. The van der Waals surface area contributed by atoms with Crippen LogP contribution in [-0.4, -0.2) is 40.1 Å². The zero-order valence-electron chi connectivity index (χ0n) is 16.1. The number of carbonyl (C=O) groups is 2. The van der Waals surface area contributed by atoms with Gasteiger partial charge in [0.15, 0.2) is 23.9 Å². The lowest BCUT2D eigenvalue weighted by molar-refractivity contribution is -0.142. The van der Waals surface area contributed by atoms with Crippen molar-refractivity contribution >= 4 is 21.8 Å². The van der Waals surface area contributed by atoms with E-state index in [9.17, 15) is 18.0 Å². The Balaban J connectivity index is 1.47. The molecule has 0 spiro atoms. The molecule has 2 aromatic rings. The number of hydrogen-bond donors (Lipinski definition) is 1. The molecule has 0 bridgehead atoms. The normalized spacial score (nSPS) is 12.6. The van der Waals surface area contributed by atoms with Gasteiger partial charge in [-0.3, -0.25) is 9.59 Å². The monoisotopic (exact) mass is 419 g/mol. The van der Waals surface area contributed by atoms with Crippen LogP contribution in [0, 0.1) is 13.8 Å². The average Bonchev–Trinajstić information content (AvgIpc) is 3.13. The lowest BCUT2D eigenvalue weighted by atomic mass is 10.1. The molecule has 1 heterocycles. The maximum absolute atomic E-state index is 12.4. The third kappa shape index (κ3) is 5.12. The smallest absolute Gasteiger partial charge is 0.307 e. The molecule has 0 aromatic heterocycles. The zero-order chi connectivity index (χ0) is 21.0. The summed E-state index contributed by atoms with van der Waals surface area (Å²) in [7, 11) is -3.73. The Morgan fingerprint density at radius 2 is 1.83 bits per heavy atom. The van der Waals surface area contributed by atoms with Crippen molar-refractivity contribution in [2.24, 2.45) is 0 Å². The minimum atomic E-state index is -3.73. The standard InChI is InChI=1S/C20H21NO7S/c1-13-3-6-19(14(2)9-13)29(24,25)21-8-7-20(23)26-11-16(22)15-4-5-17-18(10-15)28-12-27-17/h3-6,9-10,21H,7-8,11-12H2,1-2H3. The fraction of sp³-hybridized carbons (Fsp3) is 0.300. The minimum Gasteiger partial charge on any atom is -0.457 e. The van der Waals surface area contributed by atoms with Crippen LogP contribution in [-0.2, 0) is 19.6 Å². The summed E-state index contributed by atoms with van der Waals surface area (Å²) in [5, 5.41) is 0. The predicted octanol–water partition coefficient (Wildman–Crippen LogP) is 2.13. The number of sulfonamides is 1. The lowest BCUT2D eigenvalue weighted by Gasteiger charge is -2.10. The third-order valence-electron chi connectivity index (χ3n) is 4.30. The largest absolute Gasteiger partial charge is 0.457 e. The van der Waals surface area contributed by atoms with Gasteiger partial charge in [-0.25, -0.2) is 13.1 Å². The van der Waals surface area contributed by atoms with Crippen molar-refractivity contribution < 1.29 is 32.2 Å². The molecule has 1 N–H and O–H groups in total. The lowest BCUT2D eigenvalue weighted by Crippen LogP contribution is -2.27. The molecule has 1 aliphatic heterocycles. The molecule has 8 nitrogen and oxygen atoms in total. The fourth-order valence-electron chi connectivity index (χ4n) is 2.84. The number of esters is 1. The first-order chi connectivity index (χ1) is 13.8. The molecule has 9 heteroatoms. The van der Waals surface area contributed by atoms with Gasteiger partial charge < -0.3 is 14.2 Å². The first-order valence-electron chi connectivity index (χ1n) is 8.91. The number of hydrogen-bond acceptors (Lipinski definition) is 7. The van der Waals surface area contributed by atoms with Gasteiger partial charge in [-0.05, 0) is 43.7 Å². The van der Waals surface area contributed by atoms with Crippen molar-refractivity contribution in [2.75, 3.05) is 19.9 Å². The minimum absolute atomic E-state index is 0.0972. The molecule has 2 aromatic carbocycles. The van der Waals surface area contributed by atoms with Gasteiger partial charge in [0.2, 0.25) is 16.8 Å². The SMILES string of the molecule is Cc1ccc(S(=O)(=O)NCCC(=O)OCC(=O)c2ccc3c(c2)OCO3)c(C)c1. The Morgan fingerprint density at radius 3 is 2.59 bits per heavy atom. The number of ketones is 1. The van der Waals surface area contributed by atoms with Crippen molar-refractivity contribution in [1.82, 2.24) is 4.72 Å². The molecule has 0 atom stereocenters. The fourth-order valence-corrected chi connectivity index (χ4v) is 4.09. The second-order valence-corrected chi connectivity index (χ2v) is 8.30. The molecule has 1 aliphatic rings. The molecule has 0 fully saturated rings. The van der Waals surface area contributed by atoms with Gasteiger partial charge in [-0.15, -0.1) is 0 Å². The van der Waals surface area contributed by atoms with Crippen LogP contribution in [0.4, 0.5) is 0 Å². The number of Topliss-reactive ketones (excluding diaryl/α,β-unsaturated/α-hetero) is 1. The molecule has 0 unspecified atom stereocenters. The number of fused-ring (bicyclic) bond motifs is 1. The summed E-state index contributed by atoms with van der Waals surface area (Å²) in [6, 6.07) is 9.69. The molecule has 154 valence electrons. The zero-order valence-corrected chi connectivity index (χ0v) is 16.9. The predicted molar refractivity (Wildman–Crippen MR) is 104 cm³/mol. The van der Waals surface area contributed by atoms with E-state index >= 15 is 0 Å². The quantitative estimate of drug-likeness (QED) is 0.516. The van der Waals surface area contributed by atoms with Crippen molar-refractivity contribution in [1.29, 1.82) is 0 Å². The van der Waals surface area contributed by atoms with Crippen molar-refractivity contribution in [3.8, 4) is 11.5 Å². The van der Waals surface area contributed by atoms with Crippen LogP contribution in [0.2, 0.25) is 0 Å². The van der Waals surface area contributed by atoms with E-state index in [-0.39, 0.29) is 24.7 Å². The van der Waals surface area contributed by atoms with Gasteiger partial charge in [-0.2, -0.15) is 0 Å². The second kappa shape index (κ2) is 8.62. The number of ether oxygens (including phenoxy) is 3. The molecule has 0 saturated heterocycles. The van der Waals surface area contributed by atoms with E-state index in [1.165, 1.54) is 12.1 Å². The highest BCUT2D eigenvalue weighted by Gasteiger charge is 2.19. The number of nitrogens with one attached hydrogen (secondary N) is 1. The van der Waals surface area contributed by atoms with Gasteiger partial charge in [0.05, 0.1) is 11.3 Å². The van der Waals surface area contributed by atoms with Crippen molar-refractivity contribution in [2.45, 2.75) is 25.2 Å². The summed E-state index contributed by atoms with van der Waals surface area (Å²) < 4.78 is 42.4. The van der Waals surface area contributed by atoms with Crippen LogP contribution in [0.15, 0.2) is 41.3 Å². The summed E-state index contributed by atoms with van der Waals surface area (Å²) in [5.41, 5.74) is 1.91. The summed E-state index contributed by atoms with van der Waals surface area (Å²) >= 11 is 0. The molecule has 0 saturated carbocycles. The Kier molecular flexibility index (Phi) is 6.19. The number of carbonyl (C=O) groups excluding carboxylic acids is 2. The van der Waals surface area contributed by atoms with Gasteiger partial charge >= 0.3 is 5.97 Å². The molecule has 3 rings (SSSR count). The van der Waals surface area contributed by atoms with E-state index in [1.807, 2.05) is 6.92 Å². The molecule has 0 aliphatic carbocycles. The first kappa shape index (κ1) is 20.8. The van der Waals surface area contributed by atoms with Crippen molar-refractivity contribution in [3.63, 3.8) is 0 Å². The van der Waals surface area contributed by atoms with Crippen LogP contribution in [0.25, 0.3) is 0 Å². The van der Waals surface area contributed by atoms with Gasteiger partial charge in [0, 0.05) is 12.1 Å². The molecular weight excluding hydrogens is 398 g/mol. The van der Waals surface area contributed by atoms with E-state index in [0.717, 1.165) is 5.56 Å². The Morgan fingerprint density at radius 1 is 1.07 bits per heavy atom. The highest BCUT2D eigenvalue weighted by Crippen LogP contribution is 2.32. The molecule has 0 amide bonds. The van der Waals surface area contributed by atoms with Crippen LogP contribution in [0.3, 0.4) is 0 Å². The van der Waals surface area contributed by atoms with E-state index < -0.39 is 28.4 Å². The van der Waals surface area contributed by atoms with Gasteiger partial charge in [-0.1, -0.05) is 17.7 Å². The highest BCUT2D eigenvalue weighted by molar-refractivity contribution is 7.89. The summed E-state index contributed by atoms with van der Waals surface area (Å²) in [4.78, 5) is 24.2. The maximum Gasteiger partial charge on any atom is 0.307 e. The second-order valence-electron chi connectivity index (χ2n) is 6.57. The average molecular weight is 419 g/mol. The number of aryl methyl sites for hydroxylation is 2. The molecule has 0 radical (unpaired) electrons. The van der Waals surface area contributed by atoms with Crippen LogP contribution >= 0.6 is 0 Å². The van der Waals surface area contributed by atoms with E-state index in [0.29, 0.717) is 22.6 Å². The molecule has 29 heavy (non-hydrogen) atoms. The van der Waals surface area contributed by atoms with E-state index in [2.05, 4.69) is 4.72 Å². The van der Waals surface area contributed by atoms with Crippen molar-refractivity contribution in [3.05, 3.63) is 53.1 Å². The van der Waals surface area contributed by atoms with Gasteiger partial charge in [0.1, 0.15) is 0 Å². The number of rotatable bonds is 8. The summed E-state index contributed by atoms with van der Waals surface area (Å²) in [6.07, 6.45) is -0.196. The topological polar surface area (TPSA) is 108 Å². The van der Waals surface area contributed by atoms with E-state index in [4.69, 9.17) is 14.2 Å². The Labute approximate surface area is 168 Å². The van der Waals surface area contributed by atoms with Crippen LogP contribution in [0.5, 0.6) is 11.5 Å². The molecular formula is C20H21NO7S.